The minimum atomic E-state index is -0.407. The molecule has 1 amide bonds. The molecule has 1 aliphatic carbocycles. The Balaban J connectivity index is 1.70. The number of rotatable bonds is 2. The number of likely N-dealkylation sites (tertiary alicyclic amines) is 1. The number of aliphatic hydroxyl groups excluding tert-OH is 1. The van der Waals surface area contributed by atoms with Crippen molar-refractivity contribution < 1.29 is 14.6 Å². The van der Waals surface area contributed by atoms with E-state index in [0.717, 1.165) is 19.5 Å². The Morgan fingerprint density at radius 1 is 1.44 bits per heavy atom. The lowest BCUT2D eigenvalue weighted by molar-refractivity contribution is -0.00541. The third-order valence-electron chi connectivity index (χ3n) is 3.38. The second-order valence-electron chi connectivity index (χ2n) is 5.99. The van der Waals surface area contributed by atoms with Crippen LogP contribution >= 0.6 is 0 Å². The van der Waals surface area contributed by atoms with E-state index in [1.165, 1.54) is 0 Å². The van der Waals surface area contributed by atoms with Gasteiger partial charge in [-0.15, -0.1) is 0 Å². The molecule has 1 saturated heterocycles. The van der Waals surface area contributed by atoms with E-state index in [4.69, 9.17) is 9.84 Å². The van der Waals surface area contributed by atoms with Crippen molar-refractivity contribution in [2.75, 3.05) is 19.7 Å². The van der Waals surface area contributed by atoms with Crippen molar-refractivity contribution in [3.05, 3.63) is 0 Å². The summed E-state index contributed by atoms with van der Waals surface area (Å²) in [5.74, 6) is 1.72. The monoisotopic (exact) mass is 227 g/mol. The zero-order valence-electron chi connectivity index (χ0n) is 10.3. The van der Waals surface area contributed by atoms with Gasteiger partial charge >= 0.3 is 6.09 Å². The summed E-state index contributed by atoms with van der Waals surface area (Å²) in [7, 11) is 0. The summed E-state index contributed by atoms with van der Waals surface area (Å²) in [5, 5.41) is 8.97. The molecule has 2 unspecified atom stereocenters. The molecule has 0 bridgehead atoms. The number of amides is 1. The fourth-order valence-electron chi connectivity index (χ4n) is 2.32. The summed E-state index contributed by atoms with van der Waals surface area (Å²) in [6.07, 6.45) is 0.925. The average Bonchev–Trinajstić information content (AvgIpc) is 2.77. The number of nitrogens with zero attached hydrogens (tertiary/aromatic N) is 1. The standard InChI is InChI=1S/C12H21NO3/c1-12(2,3)16-11(15)13-5-9(6-13)10-4-8(10)7-14/h8-10,14H,4-7H2,1-3H3. The first-order chi connectivity index (χ1) is 7.40. The minimum Gasteiger partial charge on any atom is -0.444 e. The van der Waals surface area contributed by atoms with Gasteiger partial charge in [-0.05, 0) is 44.9 Å². The molecule has 2 aliphatic rings. The van der Waals surface area contributed by atoms with E-state index < -0.39 is 5.60 Å². The Morgan fingerprint density at radius 3 is 2.50 bits per heavy atom. The summed E-state index contributed by atoms with van der Waals surface area (Å²) in [4.78, 5) is 13.4. The van der Waals surface area contributed by atoms with Crippen LogP contribution in [0.4, 0.5) is 4.79 Å². The van der Waals surface area contributed by atoms with Gasteiger partial charge in [0, 0.05) is 19.7 Å². The maximum absolute atomic E-state index is 11.6. The molecule has 0 spiro atoms. The van der Waals surface area contributed by atoms with Crippen LogP contribution in [0.15, 0.2) is 0 Å². The molecular formula is C12H21NO3. The molecule has 0 aromatic heterocycles. The molecule has 4 heteroatoms. The molecule has 1 N–H and O–H groups in total. The van der Waals surface area contributed by atoms with Crippen molar-refractivity contribution in [2.45, 2.75) is 32.8 Å². The number of hydrogen-bond donors (Lipinski definition) is 1. The fraction of sp³-hybridized carbons (Fsp3) is 0.917. The van der Waals surface area contributed by atoms with Gasteiger partial charge in [0.25, 0.3) is 0 Å². The van der Waals surface area contributed by atoms with Crippen molar-refractivity contribution in [2.24, 2.45) is 17.8 Å². The first kappa shape index (κ1) is 11.7. The lowest BCUT2D eigenvalue weighted by atomic mass is 9.94. The predicted molar refractivity (Wildman–Crippen MR) is 60.0 cm³/mol. The van der Waals surface area contributed by atoms with Gasteiger partial charge in [-0.1, -0.05) is 0 Å². The first-order valence-corrected chi connectivity index (χ1v) is 5.99. The third-order valence-corrected chi connectivity index (χ3v) is 3.38. The van der Waals surface area contributed by atoms with Crippen molar-refractivity contribution in [3.8, 4) is 0 Å². The quantitative estimate of drug-likeness (QED) is 0.777. The third kappa shape index (κ3) is 2.48. The van der Waals surface area contributed by atoms with Gasteiger partial charge in [0.05, 0.1) is 0 Å². The molecule has 0 aromatic rings. The second kappa shape index (κ2) is 3.91. The van der Waals surface area contributed by atoms with Crippen molar-refractivity contribution in [1.29, 1.82) is 0 Å². The average molecular weight is 227 g/mol. The zero-order chi connectivity index (χ0) is 11.9. The van der Waals surface area contributed by atoms with Crippen molar-refractivity contribution >= 4 is 6.09 Å². The van der Waals surface area contributed by atoms with E-state index in [0.29, 0.717) is 24.4 Å². The van der Waals surface area contributed by atoms with Crippen LogP contribution < -0.4 is 0 Å². The van der Waals surface area contributed by atoms with Gasteiger partial charge in [0.15, 0.2) is 0 Å². The van der Waals surface area contributed by atoms with Crippen LogP contribution in [0.25, 0.3) is 0 Å². The van der Waals surface area contributed by atoms with E-state index in [9.17, 15) is 4.79 Å². The predicted octanol–water partition coefficient (Wildman–Crippen LogP) is 1.48. The van der Waals surface area contributed by atoms with Gasteiger partial charge in [-0.25, -0.2) is 4.79 Å². The van der Waals surface area contributed by atoms with Crippen molar-refractivity contribution in [1.82, 2.24) is 4.90 Å². The minimum absolute atomic E-state index is 0.204. The van der Waals surface area contributed by atoms with Crippen LogP contribution in [0, 0.1) is 17.8 Å². The van der Waals surface area contributed by atoms with Gasteiger partial charge in [-0.3, -0.25) is 0 Å². The summed E-state index contributed by atoms with van der Waals surface area (Å²) in [6.45, 7) is 7.54. The Labute approximate surface area is 96.6 Å². The molecule has 2 atom stereocenters. The molecule has 16 heavy (non-hydrogen) atoms. The Morgan fingerprint density at radius 2 is 2.06 bits per heavy atom. The molecule has 2 rings (SSSR count). The Hall–Kier alpha value is -0.770. The SMILES string of the molecule is CC(C)(C)OC(=O)N1CC(C2CC2CO)C1. The molecule has 1 heterocycles. The number of hydrogen-bond acceptors (Lipinski definition) is 3. The second-order valence-corrected chi connectivity index (χ2v) is 5.99. The van der Waals surface area contributed by atoms with E-state index >= 15 is 0 Å². The van der Waals surface area contributed by atoms with Crippen molar-refractivity contribution in [3.63, 3.8) is 0 Å². The normalized spacial score (nSPS) is 29.9. The van der Waals surface area contributed by atoms with Gasteiger partial charge in [0.1, 0.15) is 5.60 Å². The maximum atomic E-state index is 11.6. The van der Waals surface area contributed by atoms with E-state index in [1.54, 1.807) is 4.90 Å². The van der Waals surface area contributed by atoms with E-state index in [2.05, 4.69) is 0 Å². The van der Waals surface area contributed by atoms with Crippen LogP contribution in [0.5, 0.6) is 0 Å². The van der Waals surface area contributed by atoms with Crippen LogP contribution in [-0.4, -0.2) is 41.4 Å². The molecule has 4 nitrogen and oxygen atoms in total. The van der Waals surface area contributed by atoms with Gasteiger partial charge in [0.2, 0.25) is 0 Å². The van der Waals surface area contributed by atoms with E-state index in [-0.39, 0.29) is 6.09 Å². The maximum Gasteiger partial charge on any atom is 0.410 e. The Bertz CT molecular complexity index is 278. The van der Waals surface area contributed by atoms with Gasteiger partial charge in [-0.2, -0.15) is 0 Å². The number of carbonyl (C=O) groups is 1. The molecule has 1 aliphatic heterocycles. The lowest BCUT2D eigenvalue weighted by Crippen LogP contribution is -2.52. The van der Waals surface area contributed by atoms with Crippen LogP contribution in [-0.2, 0) is 4.74 Å². The molecule has 0 aromatic carbocycles. The summed E-state index contributed by atoms with van der Waals surface area (Å²) < 4.78 is 5.28. The smallest absolute Gasteiger partial charge is 0.410 e. The fourth-order valence-corrected chi connectivity index (χ4v) is 2.32. The number of carbonyl (C=O) groups excluding carboxylic acids is 1. The summed E-state index contributed by atoms with van der Waals surface area (Å²) >= 11 is 0. The first-order valence-electron chi connectivity index (χ1n) is 5.99. The highest BCUT2D eigenvalue weighted by Crippen LogP contribution is 2.47. The largest absolute Gasteiger partial charge is 0.444 e. The van der Waals surface area contributed by atoms with E-state index in [1.807, 2.05) is 20.8 Å². The molecular weight excluding hydrogens is 206 g/mol. The highest BCUT2D eigenvalue weighted by Gasteiger charge is 2.48. The molecule has 92 valence electrons. The number of ether oxygens (including phenoxy) is 1. The highest BCUT2D eigenvalue weighted by molar-refractivity contribution is 5.69. The topological polar surface area (TPSA) is 49.8 Å². The van der Waals surface area contributed by atoms with Crippen LogP contribution in [0.2, 0.25) is 0 Å². The summed E-state index contributed by atoms with van der Waals surface area (Å²) in [5.41, 5.74) is -0.407. The molecule has 1 saturated carbocycles. The van der Waals surface area contributed by atoms with Crippen LogP contribution in [0.3, 0.4) is 0 Å². The molecule has 2 fully saturated rings. The molecule has 0 radical (unpaired) electrons. The van der Waals surface area contributed by atoms with Gasteiger partial charge < -0.3 is 14.7 Å². The lowest BCUT2D eigenvalue weighted by Gasteiger charge is -2.40. The highest BCUT2D eigenvalue weighted by atomic mass is 16.6. The summed E-state index contributed by atoms with van der Waals surface area (Å²) in [6, 6.07) is 0. The zero-order valence-corrected chi connectivity index (χ0v) is 10.3. The number of aliphatic hydroxyl groups is 1. The Kier molecular flexibility index (Phi) is 2.86. The van der Waals surface area contributed by atoms with Crippen LogP contribution in [0.1, 0.15) is 27.2 Å².